The van der Waals surface area contributed by atoms with Crippen molar-refractivity contribution < 1.29 is 8.42 Å². The molecule has 0 aliphatic heterocycles. The van der Waals surface area contributed by atoms with E-state index in [9.17, 15) is 8.42 Å². The first-order chi connectivity index (χ1) is 8.21. The number of nitrogens with one attached hydrogen (secondary N) is 1. The summed E-state index contributed by atoms with van der Waals surface area (Å²) in [6, 6.07) is 3.56. The van der Waals surface area contributed by atoms with Crippen LogP contribution in [0.15, 0.2) is 12.1 Å². The minimum atomic E-state index is -3.29. The molecule has 1 rings (SSSR count). The number of rotatable bonds is 5. The van der Waals surface area contributed by atoms with E-state index in [1.807, 2.05) is 33.8 Å². The second kappa shape index (κ2) is 5.61. The highest BCUT2D eigenvalue weighted by molar-refractivity contribution is 7.92. The van der Waals surface area contributed by atoms with Crippen molar-refractivity contribution in [2.24, 2.45) is 5.92 Å². The van der Waals surface area contributed by atoms with Crippen LogP contribution in [0.3, 0.4) is 0 Å². The SMILES string of the molecule is Cc1cc(C)c(NS(=O)(=O)CCC(C)C)cc1N. The molecular formula is C13H22N2O2S. The number of nitrogen functional groups attached to an aromatic ring is 1. The van der Waals surface area contributed by atoms with Gasteiger partial charge in [-0.15, -0.1) is 0 Å². The maximum absolute atomic E-state index is 11.9. The molecule has 1 aromatic rings. The topological polar surface area (TPSA) is 72.2 Å². The molecule has 0 spiro atoms. The third kappa shape index (κ3) is 4.22. The minimum absolute atomic E-state index is 0.137. The van der Waals surface area contributed by atoms with E-state index in [4.69, 9.17) is 5.73 Å². The van der Waals surface area contributed by atoms with Crippen LogP contribution in [0.4, 0.5) is 11.4 Å². The van der Waals surface area contributed by atoms with Gasteiger partial charge in [-0.05, 0) is 43.4 Å². The molecule has 0 amide bonds. The Balaban J connectivity index is 2.87. The summed E-state index contributed by atoms with van der Waals surface area (Å²) in [5.41, 5.74) is 8.81. The molecular weight excluding hydrogens is 248 g/mol. The minimum Gasteiger partial charge on any atom is -0.398 e. The third-order valence-corrected chi connectivity index (χ3v) is 4.15. The fourth-order valence-corrected chi connectivity index (χ4v) is 3.03. The molecule has 0 aliphatic rings. The van der Waals surface area contributed by atoms with Crippen molar-refractivity contribution in [3.63, 3.8) is 0 Å². The van der Waals surface area contributed by atoms with E-state index in [0.717, 1.165) is 11.1 Å². The number of nitrogens with two attached hydrogens (primary N) is 1. The summed E-state index contributed by atoms with van der Waals surface area (Å²) < 4.78 is 26.4. The molecule has 0 aliphatic carbocycles. The lowest BCUT2D eigenvalue weighted by atomic mass is 10.1. The smallest absolute Gasteiger partial charge is 0.232 e. The molecule has 3 N–H and O–H groups in total. The first-order valence-corrected chi connectivity index (χ1v) is 7.73. The third-order valence-electron chi connectivity index (χ3n) is 2.84. The summed E-state index contributed by atoms with van der Waals surface area (Å²) >= 11 is 0. The van der Waals surface area contributed by atoms with Gasteiger partial charge in [-0.3, -0.25) is 4.72 Å². The Morgan fingerprint density at radius 1 is 1.22 bits per heavy atom. The first kappa shape index (κ1) is 14.8. The Morgan fingerprint density at radius 3 is 2.39 bits per heavy atom. The summed E-state index contributed by atoms with van der Waals surface area (Å²) in [7, 11) is -3.29. The van der Waals surface area contributed by atoms with E-state index >= 15 is 0 Å². The molecule has 0 atom stereocenters. The van der Waals surface area contributed by atoms with Crippen molar-refractivity contribution in [2.75, 3.05) is 16.2 Å². The Labute approximate surface area is 110 Å². The number of sulfonamides is 1. The molecule has 5 heteroatoms. The van der Waals surface area contributed by atoms with E-state index < -0.39 is 10.0 Å². The predicted molar refractivity (Wildman–Crippen MR) is 77.2 cm³/mol. The maximum atomic E-state index is 11.9. The van der Waals surface area contributed by atoms with Crippen LogP contribution in [-0.4, -0.2) is 14.2 Å². The van der Waals surface area contributed by atoms with Crippen LogP contribution in [0, 0.1) is 19.8 Å². The van der Waals surface area contributed by atoms with E-state index in [-0.39, 0.29) is 5.75 Å². The Bertz CT molecular complexity index is 522. The zero-order valence-corrected chi connectivity index (χ0v) is 12.3. The van der Waals surface area contributed by atoms with E-state index in [1.54, 1.807) is 6.07 Å². The van der Waals surface area contributed by atoms with E-state index in [0.29, 0.717) is 23.7 Å². The summed E-state index contributed by atoms with van der Waals surface area (Å²) in [6.45, 7) is 7.78. The van der Waals surface area contributed by atoms with Crippen molar-refractivity contribution >= 4 is 21.4 Å². The van der Waals surface area contributed by atoms with Crippen molar-refractivity contribution in [3.8, 4) is 0 Å². The lowest BCUT2D eigenvalue weighted by Crippen LogP contribution is -2.18. The predicted octanol–water partition coefficient (Wildman–Crippen LogP) is 2.67. The average Bonchev–Trinajstić information content (AvgIpc) is 2.23. The molecule has 1 aromatic carbocycles. The lowest BCUT2D eigenvalue weighted by Gasteiger charge is -2.13. The average molecular weight is 270 g/mol. The lowest BCUT2D eigenvalue weighted by molar-refractivity contribution is 0.578. The van der Waals surface area contributed by atoms with Gasteiger partial charge in [0.05, 0.1) is 11.4 Å². The van der Waals surface area contributed by atoms with E-state index in [2.05, 4.69) is 4.72 Å². The zero-order valence-electron chi connectivity index (χ0n) is 11.4. The van der Waals surface area contributed by atoms with Gasteiger partial charge in [-0.2, -0.15) is 0 Å². The molecule has 18 heavy (non-hydrogen) atoms. The van der Waals surface area contributed by atoms with Gasteiger partial charge < -0.3 is 5.73 Å². The largest absolute Gasteiger partial charge is 0.398 e. The number of benzene rings is 1. The molecule has 0 unspecified atom stereocenters. The molecule has 0 heterocycles. The molecule has 4 nitrogen and oxygen atoms in total. The van der Waals surface area contributed by atoms with Gasteiger partial charge in [0.1, 0.15) is 0 Å². The van der Waals surface area contributed by atoms with Crippen LogP contribution in [0.2, 0.25) is 0 Å². The first-order valence-electron chi connectivity index (χ1n) is 6.08. The van der Waals surface area contributed by atoms with Gasteiger partial charge in [0.15, 0.2) is 0 Å². The molecule has 0 saturated heterocycles. The number of hydrogen-bond donors (Lipinski definition) is 2. The fourth-order valence-electron chi connectivity index (χ4n) is 1.59. The molecule has 0 saturated carbocycles. The summed E-state index contributed by atoms with van der Waals surface area (Å²) in [5.74, 6) is 0.503. The standard InChI is InChI=1S/C13H22N2O2S/c1-9(2)5-6-18(16,17)15-13-8-12(14)10(3)7-11(13)4/h7-9,15H,5-6,14H2,1-4H3. The van der Waals surface area contributed by atoms with Crippen molar-refractivity contribution in [2.45, 2.75) is 34.1 Å². The van der Waals surface area contributed by atoms with Gasteiger partial charge in [0.2, 0.25) is 10.0 Å². The Hall–Kier alpha value is -1.23. The van der Waals surface area contributed by atoms with Crippen molar-refractivity contribution in [1.82, 2.24) is 0 Å². The van der Waals surface area contributed by atoms with Crippen molar-refractivity contribution in [1.29, 1.82) is 0 Å². The molecule has 0 radical (unpaired) electrons. The van der Waals surface area contributed by atoms with Crippen LogP contribution in [0.1, 0.15) is 31.4 Å². The normalized spacial score (nSPS) is 11.8. The fraction of sp³-hybridized carbons (Fsp3) is 0.538. The van der Waals surface area contributed by atoms with Gasteiger partial charge in [-0.25, -0.2) is 8.42 Å². The zero-order chi connectivity index (χ0) is 13.9. The van der Waals surface area contributed by atoms with Gasteiger partial charge in [0.25, 0.3) is 0 Å². The summed E-state index contributed by atoms with van der Waals surface area (Å²) in [5, 5.41) is 0. The van der Waals surface area contributed by atoms with Crippen molar-refractivity contribution in [3.05, 3.63) is 23.3 Å². The van der Waals surface area contributed by atoms with Gasteiger partial charge in [0, 0.05) is 5.69 Å². The Kier molecular flexibility index (Phi) is 4.62. The number of hydrogen-bond acceptors (Lipinski definition) is 3. The molecule has 0 fully saturated rings. The van der Waals surface area contributed by atoms with Crippen LogP contribution in [0.25, 0.3) is 0 Å². The van der Waals surface area contributed by atoms with Crippen LogP contribution in [-0.2, 0) is 10.0 Å². The van der Waals surface area contributed by atoms with Gasteiger partial charge in [-0.1, -0.05) is 19.9 Å². The maximum Gasteiger partial charge on any atom is 0.232 e. The molecule has 102 valence electrons. The Morgan fingerprint density at radius 2 is 1.83 bits per heavy atom. The van der Waals surface area contributed by atoms with Crippen LogP contribution in [0.5, 0.6) is 0 Å². The van der Waals surface area contributed by atoms with Crippen LogP contribution >= 0.6 is 0 Å². The summed E-state index contributed by atoms with van der Waals surface area (Å²) in [4.78, 5) is 0. The monoisotopic (exact) mass is 270 g/mol. The highest BCUT2D eigenvalue weighted by Gasteiger charge is 2.13. The summed E-state index contributed by atoms with van der Waals surface area (Å²) in [6.07, 6.45) is 0.649. The second-order valence-corrected chi connectivity index (χ2v) is 6.97. The molecule has 0 bridgehead atoms. The van der Waals surface area contributed by atoms with Gasteiger partial charge >= 0.3 is 0 Å². The van der Waals surface area contributed by atoms with E-state index in [1.165, 1.54) is 0 Å². The number of anilines is 2. The quantitative estimate of drug-likeness (QED) is 0.808. The molecule has 0 aromatic heterocycles. The highest BCUT2D eigenvalue weighted by Crippen LogP contribution is 2.23. The number of aryl methyl sites for hydroxylation is 2. The van der Waals surface area contributed by atoms with Crippen LogP contribution < -0.4 is 10.5 Å². The highest BCUT2D eigenvalue weighted by atomic mass is 32.2. The second-order valence-electron chi connectivity index (χ2n) is 5.13.